The molecule has 21 heavy (non-hydrogen) atoms. The van der Waals surface area contributed by atoms with Gasteiger partial charge in [0.25, 0.3) is 10.0 Å². The molecule has 0 aliphatic rings. The molecule has 0 amide bonds. The van der Waals surface area contributed by atoms with Gasteiger partial charge in [-0.15, -0.1) is 0 Å². The summed E-state index contributed by atoms with van der Waals surface area (Å²) in [6, 6.07) is 4.93. The standard InChI is InChI=1S/C12H14BrClN4O2S/c13-9-2-3-11(14)12(6-9)17-21(19,20)10-7-16-18(8-10)5-1-4-15/h2-3,6-8,17H,1,4-5,15H2. The van der Waals surface area contributed by atoms with Crippen LogP contribution in [0.4, 0.5) is 5.69 Å². The van der Waals surface area contributed by atoms with Crippen LogP contribution in [0.15, 0.2) is 40.0 Å². The van der Waals surface area contributed by atoms with Gasteiger partial charge in [-0.05, 0) is 31.2 Å². The zero-order chi connectivity index (χ0) is 15.5. The van der Waals surface area contributed by atoms with Crippen molar-refractivity contribution in [3.63, 3.8) is 0 Å². The van der Waals surface area contributed by atoms with E-state index >= 15 is 0 Å². The highest BCUT2D eigenvalue weighted by molar-refractivity contribution is 9.10. The molecule has 1 aromatic carbocycles. The van der Waals surface area contributed by atoms with E-state index in [4.69, 9.17) is 17.3 Å². The molecule has 9 heteroatoms. The second-order valence-electron chi connectivity index (χ2n) is 4.31. The largest absolute Gasteiger partial charge is 0.330 e. The zero-order valence-corrected chi connectivity index (χ0v) is 14.1. The Labute approximate surface area is 136 Å². The second-order valence-corrected chi connectivity index (χ2v) is 7.32. The number of anilines is 1. The van der Waals surface area contributed by atoms with Gasteiger partial charge in [-0.3, -0.25) is 9.40 Å². The highest BCUT2D eigenvalue weighted by Gasteiger charge is 2.18. The molecule has 0 spiro atoms. The van der Waals surface area contributed by atoms with Crippen LogP contribution in [-0.2, 0) is 16.6 Å². The number of nitrogens with two attached hydrogens (primary N) is 1. The lowest BCUT2D eigenvalue weighted by Crippen LogP contribution is -2.13. The number of nitrogens with one attached hydrogen (secondary N) is 1. The van der Waals surface area contributed by atoms with Crippen LogP contribution < -0.4 is 10.5 Å². The molecule has 1 aromatic heterocycles. The Morgan fingerprint density at radius 1 is 1.43 bits per heavy atom. The molecule has 0 fully saturated rings. The van der Waals surface area contributed by atoms with Gasteiger partial charge >= 0.3 is 0 Å². The topological polar surface area (TPSA) is 90.0 Å². The van der Waals surface area contributed by atoms with Crippen LogP contribution in [-0.4, -0.2) is 24.7 Å². The summed E-state index contributed by atoms with van der Waals surface area (Å²) in [6.07, 6.45) is 3.49. The minimum atomic E-state index is -3.73. The van der Waals surface area contributed by atoms with E-state index in [1.807, 2.05) is 0 Å². The molecule has 0 atom stereocenters. The zero-order valence-electron chi connectivity index (χ0n) is 11.0. The Morgan fingerprint density at radius 2 is 2.19 bits per heavy atom. The van der Waals surface area contributed by atoms with Gasteiger partial charge in [0.05, 0.1) is 16.9 Å². The molecule has 0 radical (unpaired) electrons. The number of hydrogen-bond acceptors (Lipinski definition) is 4. The molecule has 0 aliphatic heterocycles. The third-order valence-electron chi connectivity index (χ3n) is 2.68. The average Bonchev–Trinajstić information content (AvgIpc) is 2.90. The number of sulfonamides is 1. The number of benzene rings is 1. The third-order valence-corrected chi connectivity index (χ3v) is 4.83. The predicted molar refractivity (Wildman–Crippen MR) is 85.9 cm³/mol. The smallest absolute Gasteiger partial charge is 0.265 e. The van der Waals surface area contributed by atoms with Crippen molar-refractivity contribution in [2.75, 3.05) is 11.3 Å². The fraction of sp³-hybridized carbons (Fsp3) is 0.250. The van der Waals surface area contributed by atoms with E-state index in [9.17, 15) is 8.42 Å². The van der Waals surface area contributed by atoms with Gasteiger partial charge in [0.2, 0.25) is 0 Å². The van der Waals surface area contributed by atoms with Crippen molar-refractivity contribution in [3.8, 4) is 0 Å². The summed E-state index contributed by atoms with van der Waals surface area (Å²) in [5.41, 5.74) is 5.72. The fourth-order valence-electron chi connectivity index (χ4n) is 1.64. The van der Waals surface area contributed by atoms with Crippen LogP contribution >= 0.6 is 27.5 Å². The van der Waals surface area contributed by atoms with Gasteiger partial charge in [0.15, 0.2) is 0 Å². The van der Waals surface area contributed by atoms with E-state index < -0.39 is 10.0 Å². The van der Waals surface area contributed by atoms with Crippen molar-refractivity contribution in [3.05, 3.63) is 40.1 Å². The van der Waals surface area contributed by atoms with Crippen molar-refractivity contribution in [2.45, 2.75) is 17.9 Å². The lowest BCUT2D eigenvalue weighted by molar-refractivity contribution is 0.582. The summed E-state index contributed by atoms with van der Waals surface area (Å²) in [4.78, 5) is 0.0792. The van der Waals surface area contributed by atoms with Crippen molar-refractivity contribution in [2.24, 2.45) is 5.73 Å². The van der Waals surface area contributed by atoms with Gasteiger partial charge in [-0.25, -0.2) is 8.42 Å². The number of rotatable bonds is 6. The molecular weight excluding hydrogens is 380 g/mol. The van der Waals surface area contributed by atoms with Crippen molar-refractivity contribution < 1.29 is 8.42 Å². The molecular formula is C12H14BrClN4O2S. The summed E-state index contributed by atoms with van der Waals surface area (Å²) < 4.78 is 29.3. The third kappa shape index (κ3) is 4.19. The maximum atomic E-state index is 12.3. The summed E-state index contributed by atoms with van der Waals surface area (Å²) >= 11 is 9.25. The van der Waals surface area contributed by atoms with E-state index in [1.54, 1.807) is 22.9 Å². The molecule has 0 aliphatic carbocycles. The van der Waals surface area contributed by atoms with Crippen molar-refractivity contribution >= 4 is 43.2 Å². The van der Waals surface area contributed by atoms with Gasteiger partial charge < -0.3 is 5.73 Å². The van der Waals surface area contributed by atoms with Crippen LogP contribution in [0.3, 0.4) is 0 Å². The summed E-state index contributed by atoms with van der Waals surface area (Å²) in [7, 11) is -3.73. The van der Waals surface area contributed by atoms with Crippen LogP contribution in [0.1, 0.15) is 6.42 Å². The SMILES string of the molecule is NCCCn1cc(S(=O)(=O)Nc2cc(Br)ccc2Cl)cn1. The highest BCUT2D eigenvalue weighted by atomic mass is 79.9. The Bertz CT molecular complexity index is 733. The summed E-state index contributed by atoms with van der Waals surface area (Å²) in [6.45, 7) is 1.09. The molecule has 0 unspecified atom stereocenters. The highest BCUT2D eigenvalue weighted by Crippen LogP contribution is 2.27. The predicted octanol–water partition coefficient (Wildman–Crippen LogP) is 2.45. The number of aryl methyl sites for hydroxylation is 1. The Balaban J connectivity index is 2.22. The van der Waals surface area contributed by atoms with Crippen LogP contribution in [0.2, 0.25) is 5.02 Å². The molecule has 0 saturated heterocycles. The molecule has 0 saturated carbocycles. The molecule has 6 nitrogen and oxygen atoms in total. The van der Waals surface area contributed by atoms with Crippen LogP contribution in [0, 0.1) is 0 Å². The first kappa shape index (κ1) is 16.3. The Kier molecular flexibility index (Phi) is 5.26. The van der Waals surface area contributed by atoms with Gasteiger partial charge in [0.1, 0.15) is 4.90 Å². The summed E-state index contributed by atoms with van der Waals surface area (Å²) in [5, 5.41) is 4.32. The fourth-order valence-corrected chi connectivity index (χ4v) is 3.24. The lowest BCUT2D eigenvalue weighted by Gasteiger charge is -2.08. The molecule has 2 aromatic rings. The summed E-state index contributed by atoms with van der Waals surface area (Å²) in [5.74, 6) is 0. The molecule has 2 rings (SSSR count). The minimum absolute atomic E-state index is 0.0792. The van der Waals surface area contributed by atoms with Crippen molar-refractivity contribution in [1.29, 1.82) is 0 Å². The lowest BCUT2D eigenvalue weighted by atomic mass is 10.3. The van der Waals surface area contributed by atoms with Crippen LogP contribution in [0.25, 0.3) is 0 Å². The number of aromatic nitrogens is 2. The van der Waals surface area contributed by atoms with E-state index in [2.05, 4.69) is 25.8 Å². The number of nitrogens with zero attached hydrogens (tertiary/aromatic N) is 2. The first-order chi connectivity index (χ1) is 9.92. The maximum Gasteiger partial charge on any atom is 0.265 e. The van der Waals surface area contributed by atoms with E-state index in [1.165, 1.54) is 12.4 Å². The van der Waals surface area contributed by atoms with E-state index in [-0.39, 0.29) is 4.90 Å². The molecule has 0 bridgehead atoms. The van der Waals surface area contributed by atoms with Gasteiger partial charge in [-0.2, -0.15) is 5.10 Å². The van der Waals surface area contributed by atoms with Crippen LogP contribution in [0.5, 0.6) is 0 Å². The van der Waals surface area contributed by atoms with Gasteiger partial charge in [-0.1, -0.05) is 27.5 Å². The molecule has 1 heterocycles. The monoisotopic (exact) mass is 392 g/mol. The Morgan fingerprint density at radius 3 is 2.90 bits per heavy atom. The second kappa shape index (κ2) is 6.78. The molecule has 3 N–H and O–H groups in total. The number of halogens is 2. The normalized spacial score (nSPS) is 11.6. The van der Waals surface area contributed by atoms with Gasteiger partial charge in [0, 0.05) is 17.2 Å². The number of hydrogen-bond donors (Lipinski definition) is 2. The van der Waals surface area contributed by atoms with Crippen molar-refractivity contribution in [1.82, 2.24) is 9.78 Å². The average molecular weight is 394 g/mol. The maximum absolute atomic E-state index is 12.3. The van der Waals surface area contributed by atoms with E-state index in [0.29, 0.717) is 23.8 Å². The Hall–Kier alpha value is -1.09. The van der Waals surface area contributed by atoms with E-state index in [0.717, 1.165) is 10.9 Å². The minimum Gasteiger partial charge on any atom is -0.330 e. The first-order valence-electron chi connectivity index (χ1n) is 6.13. The molecule has 114 valence electrons. The quantitative estimate of drug-likeness (QED) is 0.789. The first-order valence-corrected chi connectivity index (χ1v) is 8.78.